The number of furan rings is 1. The third kappa shape index (κ3) is 3.86. The standard InChI is InChI=1S/C20H10BrCl2NO3/c21-12-3-1-2-11(8-12)19-24-17(20(25)27-19)10-14-5-7-18(26-14)15-6-4-13(22)9-16(15)23/h1-10H/b17-10+. The average Bonchev–Trinajstić information content (AvgIpc) is 3.23. The molecule has 27 heavy (non-hydrogen) atoms. The minimum atomic E-state index is -0.535. The van der Waals surface area contributed by atoms with Crippen LogP contribution in [-0.4, -0.2) is 11.9 Å². The lowest BCUT2D eigenvalue weighted by Gasteiger charge is -2.00. The van der Waals surface area contributed by atoms with Crippen molar-refractivity contribution in [1.29, 1.82) is 0 Å². The molecule has 0 atom stereocenters. The first-order valence-corrected chi connectivity index (χ1v) is 9.38. The number of esters is 1. The van der Waals surface area contributed by atoms with Crippen LogP contribution in [0.15, 0.2) is 74.2 Å². The lowest BCUT2D eigenvalue weighted by molar-refractivity contribution is -0.129. The van der Waals surface area contributed by atoms with Crippen LogP contribution in [0, 0.1) is 0 Å². The summed E-state index contributed by atoms with van der Waals surface area (Å²) in [7, 11) is 0. The SMILES string of the molecule is O=C1OC(c2cccc(Br)c2)=N/C1=C/c1ccc(-c2ccc(Cl)cc2Cl)o1. The highest BCUT2D eigenvalue weighted by atomic mass is 79.9. The second-order valence-electron chi connectivity index (χ2n) is 5.67. The summed E-state index contributed by atoms with van der Waals surface area (Å²) in [4.78, 5) is 16.4. The highest BCUT2D eigenvalue weighted by Crippen LogP contribution is 2.32. The second kappa shape index (κ2) is 7.35. The molecule has 1 aliphatic heterocycles. The fourth-order valence-corrected chi connectivity index (χ4v) is 3.45. The number of nitrogens with zero attached hydrogens (tertiary/aromatic N) is 1. The number of rotatable bonds is 3. The maximum absolute atomic E-state index is 12.1. The zero-order valence-electron chi connectivity index (χ0n) is 13.6. The smallest absolute Gasteiger partial charge is 0.363 e. The third-order valence-corrected chi connectivity index (χ3v) is 4.84. The summed E-state index contributed by atoms with van der Waals surface area (Å²) >= 11 is 15.5. The molecule has 0 fully saturated rings. The maximum Gasteiger partial charge on any atom is 0.363 e. The highest BCUT2D eigenvalue weighted by Gasteiger charge is 2.24. The van der Waals surface area contributed by atoms with Gasteiger partial charge in [0.2, 0.25) is 5.90 Å². The topological polar surface area (TPSA) is 51.8 Å². The summed E-state index contributed by atoms with van der Waals surface area (Å²) in [6, 6.07) is 16.0. The zero-order valence-corrected chi connectivity index (χ0v) is 16.7. The number of hydrogen-bond donors (Lipinski definition) is 0. The first-order valence-electron chi connectivity index (χ1n) is 7.83. The molecule has 4 nitrogen and oxygen atoms in total. The van der Waals surface area contributed by atoms with E-state index in [2.05, 4.69) is 20.9 Å². The van der Waals surface area contributed by atoms with Gasteiger partial charge in [0.15, 0.2) is 5.70 Å². The minimum absolute atomic E-state index is 0.160. The summed E-state index contributed by atoms with van der Waals surface area (Å²) in [5.74, 6) is 0.737. The fourth-order valence-electron chi connectivity index (χ4n) is 2.55. The summed E-state index contributed by atoms with van der Waals surface area (Å²) < 4.78 is 11.9. The summed E-state index contributed by atoms with van der Waals surface area (Å²) in [5.41, 5.74) is 1.57. The van der Waals surface area contributed by atoms with Gasteiger partial charge in [0.05, 0.1) is 5.02 Å². The molecule has 0 radical (unpaired) electrons. The average molecular weight is 463 g/mol. The van der Waals surface area contributed by atoms with Crippen molar-refractivity contribution < 1.29 is 13.9 Å². The van der Waals surface area contributed by atoms with Crippen LogP contribution in [0.3, 0.4) is 0 Å². The molecule has 1 aliphatic rings. The molecule has 0 spiro atoms. The Morgan fingerprint density at radius 2 is 1.89 bits per heavy atom. The molecule has 3 aromatic rings. The van der Waals surface area contributed by atoms with Gasteiger partial charge in [0.1, 0.15) is 11.5 Å². The normalized spacial score (nSPS) is 15.1. The number of halogens is 3. The maximum atomic E-state index is 12.1. The Balaban J connectivity index is 1.64. The summed E-state index contributed by atoms with van der Waals surface area (Å²) in [5, 5.41) is 1.02. The van der Waals surface area contributed by atoms with Crippen molar-refractivity contribution in [3.05, 3.63) is 86.1 Å². The van der Waals surface area contributed by atoms with Gasteiger partial charge in [-0.2, -0.15) is 0 Å². The van der Waals surface area contributed by atoms with Crippen LogP contribution in [-0.2, 0) is 9.53 Å². The van der Waals surface area contributed by atoms with Crippen LogP contribution < -0.4 is 0 Å². The van der Waals surface area contributed by atoms with Gasteiger partial charge in [-0.25, -0.2) is 9.79 Å². The van der Waals surface area contributed by atoms with Crippen molar-refractivity contribution in [3.8, 4) is 11.3 Å². The molecule has 134 valence electrons. The molecule has 2 heterocycles. The van der Waals surface area contributed by atoms with Gasteiger partial charge < -0.3 is 9.15 Å². The molecule has 4 rings (SSSR count). The van der Waals surface area contributed by atoms with Gasteiger partial charge in [-0.3, -0.25) is 0 Å². The Hall–Kier alpha value is -2.34. The molecule has 0 bridgehead atoms. The molecule has 0 unspecified atom stereocenters. The predicted octanol–water partition coefficient (Wildman–Crippen LogP) is 6.36. The van der Waals surface area contributed by atoms with Crippen LogP contribution in [0.4, 0.5) is 0 Å². The molecule has 0 aliphatic carbocycles. The molecule has 0 N–H and O–H groups in total. The largest absolute Gasteiger partial charge is 0.457 e. The Kier molecular flexibility index (Phi) is 4.91. The highest BCUT2D eigenvalue weighted by molar-refractivity contribution is 9.10. The van der Waals surface area contributed by atoms with Crippen molar-refractivity contribution in [2.24, 2.45) is 4.99 Å². The first-order chi connectivity index (χ1) is 13.0. The third-order valence-electron chi connectivity index (χ3n) is 3.79. The van der Waals surface area contributed by atoms with Gasteiger partial charge in [-0.05, 0) is 48.5 Å². The van der Waals surface area contributed by atoms with Crippen molar-refractivity contribution in [2.75, 3.05) is 0 Å². The number of carbonyl (C=O) groups excluding carboxylic acids is 1. The van der Waals surface area contributed by atoms with Gasteiger partial charge >= 0.3 is 5.97 Å². The fraction of sp³-hybridized carbons (Fsp3) is 0. The quantitative estimate of drug-likeness (QED) is 0.336. The molecular formula is C20H10BrCl2NO3. The van der Waals surface area contributed by atoms with E-state index in [1.807, 2.05) is 24.3 Å². The second-order valence-corrected chi connectivity index (χ2v) is 7.43. The van der Waals surface area contributed by atoms with Crippen LogP contribution in [0.1, 0.15) is 11.3 Å². The van der Waals surface area contributed by atoms with E-state index in [0.29, 0.717) is 32.7 Å². The van der Waals surface area contributed by atoms with E-state index in [4.69, 9.17) is 32.4 Å². The van der Waals surface area contributed by atoms with Crippen LogP contribution in [0.5, 0.6) is 0 Å². The van der Waals surface area contributed by atoms with Gasteiger partial charge in [-0.1, -0.05) is 45.2 Å². The van der Waals surface area contributed by atoms with Crippen LogP contribution >= 0.6 is 39.1 Å². The number of ether oxygens (including phenoxy) is 1. The van der Waals surface area contributed by atoms with Crippen molar-refractivity contribution >= 4 is 57.1 Å². The Bertz CT molecular complexity index is 1120. The predicted molar refractivity (Wildman–Crippen MR) is 109 cm³/mol. The lowest BCUT2D eigenvalue weighted by Crippen LogP contribution is -2.05. The summed E-state index contributed by atoms with van der Waals surface area (Å²) in [6.45, 7) is 0. The van der Waals surface area contributed by atoms with E-state index in [1.54, 1.807) is 30.3 Å². The van der Waals surface area contributed by atoms with Crippen molar-refractivity contribution in [3.63, 3.8) is 0 Å². The molecule has 0 amide bonds. The summed E-state index contributed by atoms with van der Waals surface area (Å²) in [6.07, 6.45) is 1.53. The molecule has 0 saturated carbocycles. The molecule has 1 aromatic heterocycles. The van der Waals surface area contributed by atoms with Gasteiger partial charge in [0.25, 0.3) is 0 Å². The zero-order chi connectivity index (χ0) is 19.0. The van der Waals surface area contributed by atoms with E-state index in [1.165, 1.54) is 6.08 Å². The number of carbonyl (C=O) groups is 1. The Morgan fingerprint density at radius 1 is 1.04 bits per heavy atom. The molecular weight excluding hydrogens is 453 g/mol. The van der Waals surface area contributed by atoms with E-state index in [-0.39, 0.29) is 11.6 Å². The van der Waals surface area contributed by atoms with E-state index < -0.39 is 5.97 Å². The first kappa shape index (κ1) is 18.0. The van der Waals surface area contributed by atoms with Crippen molar-refractivity contribution in [1.82, 2.24) is 0 Å². The van der Waals surface area contributed by atoms with Gasteiger partial charge in [-0.15, -0.1) is 0 Å². The van der Waals surface area contributed by atoms with Crippen LogP contribution in [0.25, 0.3) is 17.4 Å². The minimum Gasteiger partial charge on any atom is -0.457 e. The van der Waals surface area contributed by atoms with E-state index >= 15 is 0 Å². The number of aliphatic imine (C=N–C) groups is 1. The van der Waals surface area contributed by atoms with E-state index in [9.17, 15) is 4.79 Å². The molecule has 7 heteroatoms. The number of hydrogen-bond acceptors (Lipinski definition) is 4. The van der Waals surface area contributed by atoms with Crippen LogP contribution in [0.2, 0.25) is 10.0 Å². The van der Waals surface area contributed by atoms with E-state index in [0.717, 1.165) is 4.47 Å². The van der Waals surface area contributed by atoms with Crippen molar-refractivity contribution in [2.45, 2.75) is 0 Å². The molecule has 2 aromatic carbocycles. The number of cyclic esters (lactones) is 1. The lowest BCUT2D eigenvalue weighted by atomic mass is 10.2. The van der Waals surface area contributed by atoms with Gasteiger partial charge in [0, 0.05) is 26.7 Å². The number of benzene rings is 2. The Morgan fingerprint density at radius 3 is 2.67 bits per heavy atom. The monoisotopic (exact) mass is 461 g/mol. The Labute approximate surface area is 173 Å². The molecule has 0 saturated heterocycles.